The molecule has 2 heterocycles. The molecule has 96 valence electrons. The molecule has 2 aliphatic rings. The van der Waals surface area contributed by atoms with Gasteiger partial charge >= 0.3 is 6.09 Å². The zero-order valence-electron chi connectivity index (χ0n) is 10.3. The molecular formula is C11H17NO3S2. The van der Waals surface area contributed by atoms with Gasteiger partial charge < -0.3 is 4.74 Å². The number of hydrogen-bond donors (Lipinski definition) is 0. The van der Waals surface area contributed by atoms with Crippen LogP contribution < -0.4 is 0 Å². The first-order valence-electron chi connectivity index (χ1n) is 5.63. The molecule has 17 heavy (non-hydrogen) atoms. The Bertz CT molecular complexity index is 345. The molecule has 1 spiro atoms. The number of rotatable bonds is 0. The van der Waals surface area contributed by atoms with Crippen LogP contribution in [0, 0.1) is 0 Å². The highest BCUT2D eigenvalue weighted by Crippen LogP contribution is 2.50. The maximum absolute atomic E-state index is 11.9. The smallest absolute Gasteiger partial charge is 0.417 e. The van der Waals surface area contributed by atoms with Crippen LogP contribution in [0.25, 0.3) is 0 Å². The van der Waals surface area contributed by atoms with Crippen molar-refractivity contribution in [3.8, 4) is 0 Å². The zero-order chi connectivity index (χ0) is 12.7. The maximum Gasteiger partial charge on any atom is 0.417 e. The van der Waals surface area contributed by atoms with Gasteiger partial charge in [0.15, 0.2) is 0 Å². The van der Waals surface area contributed by atoms with Crippen LogP contribution in [0.15, 0.2) is 0 Å². The topological polar surface area (TPSA) is 46.6 Å². The lowest BCUT2D eigenvalue weighted by Gasteiger charge is -2.24. The van der Waals surface area contributed by atoms with Gasteiger partial charge in [0.05, 0.1) is 17.0 Å². The van der Waals surface area contributed by atoms with Gasteiger partial charge in [-0.2, -0.15) is 0 Å². The summed E-state index contributed by atoms with van der Waals surface area (Å²) in [6.45, 7) is 5.90. The number of ether oxygens (including phenoxy) is 1. The molecule has 0 aromatic rings. The number of amides is 2. The molecule has 2 fully saturated rings. The predicted molar refractivity (Wildman–Crippen MR) is 70.2 cm³/mol. The van der Waals surface area contributed by atoms with Gasteiger partial charge in [-0.05, 0) is 20.8 Å². The molecule has 0 aromatic heterocycles. The predicted octanol–water partition coefficient (Wildman–Crippen LogP) is 2.33. The molecule has 4 nitrogen and oxygen atoms in total. The molecule has 0 bridgehead atoms. The third kappa shape index (κ3) is 2.91. The van der Waals surface area contributed by atoms with Crippen LogP contribution in [0.1, 0.15) is 27.2 Å². The Balaban J connectivity index is 2.03. The molecule has 2 aliphatic heterocycles. The normalized spacial score (nSPS) is 23.5. The minimum atomic E-state index is -0.553. The first-order chi connectivity index (χ1) is 7.81. The Hall–Kier alpha value is -0.360. The first kappa shape index (κ1) is 13.1. The third-order valence-corrected chi connectivity index (χ3v) is 5.93. The highest BCUT2D eigenvalue weighted by Gasteiger charge is 2.49. The number of likely N-dealkylation sites (tertiary alicyclic amines) is 1. The number of carbonyl (C=O) groups is 2. The lowest BCUT2D eigenvalue weighted by molar-refractivity contribution is -0.126. The fraction of sp³-hybridized carbons (Fsp3) is 0.818. The van der Waals surface area contributed by atoms with Crippen molar-refractivity contribution in [2.24, 2.45) is 0 Å². The summed E-state index contributed by atoms with van der Waals surface area (Å²) in [7, 11) is 0. The molecule has 2 rings (SSSR count). The average molecular weight is 275 g/mol. The average Bonchev–Trinajstić information content (AvgIpc) is 2.72. The summed E-state index contributed by atoms with van der Waals surface area (Å²) in [6.07, 6.45) is -0.0610. The minimum Gasteiger partial charge on any atom is -0.443 e. The largest absolute Gasteiger partial charge is 0.443 e. The van der Waals surface area contributed by atoms with Gasteiger partial charge in [0, 0.05) is 11.5 Å². The van der Waals surface area contributed by atoms with Gasteiger partial charge in [-0.25, -0.2) is 9.69 Å². The van der Waals surface area contributed by atoms with Crippen LogP contribution in [0.2, 0.25) is 0 Å². The van der Waals surface area contributed by atoms with E-state index in [1.165, 1.54) is 4.90 Å². The molecule has 2 saturated heterocycles. The van der Waals surface area contributed by atoms with Crippen molar-refractivity contribution in [2.75, 3.05) is 18.1 Å². The molecule has 2 amide bonds. The second kappa shape index (κ2) is 4.39. The standard InChI is InChI=1S/C11H17NO3S2/c1-10(2,3)15-9(14)12-7-11(6-8(12)13)16-4-5-17-11/h4-7H2,1-3H3. The van der Waals surface area contributed by atoms with Gasteiger partial charge in [0.25, 0.3) is 0 Å². The first-order valence-corrected chi connectivity index (χ1v) is 7.60. The number of nitrogens with zero attached hydrogens (tertiary/aromatic N) is 1. The molecule has 0 unspecified atom stereocenters. The van der Waals surface area contributed by atoms with Crippen LogP contribution in [-0.4, -0.2) is 44.6 Å². The summed E-state index contributed by atoms with van der Waals surface area (Å²) < 4.78 is 5.14. The number of imide groups is 1. The Morgan fingerprint density at radius 2 is 1.94 bits per heavy atom. The van der Waals surface area contributed by atoms with E-state index in [2.05, 4.69) is 0 Å². The minimum absolute atomic E-state index is 0.103. The van der Waals surface area contributed by atoms with Gasteiger partial charge in [-0.3, -0.25) is 4.79 Å². The second-order valence-electron chi connectivity index (χ2n) is 5.24. The Morgan fingerprint density at radius 3 is 2.47 bits per heavy atom. The number of hydrogen-bond acceptors (Lipinski definition) is 5. The molecule has 0 radical (unpaired) electrons. The van der Waals surface area contributed by atoms with E-state index in [1.54, 1.807) is 44.3 Å². The van der Waals surface area contributed by atoms with Crippen LogP contribution in [0.4, 0.5) is 4.79 Å². The molecule has 0 aliphatic carbocycles. The van der Waals surface area contributed by atoms with Gasteiger partial charge in [0.1, 0.15) is 5.60 Å². The van der Waals surface area contributed by atoms with E-state index in [0.717, 1.165) is 11.5 Å². The summed E-state index contributed by atoms with van der Waals surface area (Å²) in [5.41, 5.74) is -0.553. The molecule has 0 N–H and O–H groups in total. The van der Waals surface area contributed by atoms with Crippen LogP contribution >= 0.6 is 23.5 Å². The summed E-state index contributed by atoms with van der Waals surface area (Å²) in [5.74, 6) is 2.00. The lowest BCUT2D eigenvalue weighted by Crippen LogP contribution is -2.38. The summed E-state index contributed by atoms with van der Waals surface area (Å²) in [5, 5.41) is 0. The molecule has 0 saturated carbocycles. The van der Waals surface area contributed by atoms with Crippen molar-refractivity contribution in [3.05, 3.63) is 0 Å². The Kier molecular flexibility index (Phi) is 3.38. The SMILES string of the molecule is CC(C)(C)OC(=O)N1CC2(CC1=O)SCCS2. The molecular weight excluding hydrogens is 258 g/mol. The van der Waals surface area contributed by atoms with E-state index < -0.39 is 11.7 Å². The van der Waals surface area contributed by atoms with E-state index in [0.29, 0.717) is 13.0 Å². The van der Waals surface area contributed by atoms with E-state index in [1.807, 2.05) is 0 Å². The van der Waals surface area contributed by atoms with E-state index in [4.69, 9.17) is 4.74 Å². The Morgan fingerprint density at radius 1 is 1.35 bits per heavy atom. The fourth-order valence-electron chi connectivity index (χ4n) is 1.88. The second-order valence-corrected chi connectivity index (χ2v) is 8.46. The highest BCUT2D eigenvalue weighted by molar-refractivity contribution is 8.21. The van der Waals surface area contributed by atoms with Crippen molar-refractivity contribution in [1.29, 1.82) is 0 Å². The highest BCUT2D eigenvalue weighted by atomic mass is 32.2. The van der Waals surface area contributed by atoms with Gasteiger partial charge in [0.2, 0.25) is 5.91 Å². The van der Waals surface area contributed by atoms with Crippen molar-refractivity contribution in [1.82, 2.24) is 4.90 Å². The molecule has 6 heteroatoms. The van der Waals surface area contributed by atoms with Crippen LogP contribution in [0.5, 0.6) is 0 Å². The quantitative estimate of drug-likeness (QED) is 0.679. The summed E-state index contributed by atoms with van der Waals surface area (Å²) in [6, 6.07) is 0. The van der Waals surface area contributed by atoms with Crippen molar-refractivity contribution < 1.29 is 14.3 Å². The van der Waals surface area contributed by atoms with Crippen molar-refractivity contribution in [2.45, 2.75) is 36.9 Å². The van der Waals surface area contributed by atoms with Crippen molar-refractivity contribution in [3.63, 3.8) is 0 Å². The van der Waals surface area contributed by atoms with E-state index >= 15 is 0 Å². The summed E-state index contributed by atoms with van der Waals surface area (Å²) >= 11 is 3.58. The van der Waals surface area contributed by atoms with Crippen LogP contribution in [-0.2, 0) is 9.53 Å². The lowest BCUT2D eigenvalue weighted by atomic mass is 10.2. The molecule has 0 atom stereocenters. The molecule has 0 aromatic carbocycles. The van der Waals surface area contributed by atoms with Gasteiger partial charge in [-0.1, -0.05) is 0 Å². The number of carbonyl (C=O) groups excluding carboxylic acids is 2. The van der Waals surface area contributed by atoms with Crippen molar-refractivity contribution >= 4 is 35.5 Å². The zero-order valence-corrected chi connectivity index (χ0v) is 11.9. The van der Waals surface area contributed by atoms with E-state index in [9.17, 15) is 9.59 Å². The summed E-state index contributed by atoms with van der Waals surface area (Å²) in [4.78, 5) is 25.0. The van der Waals surface area contributed by atoms with E-state index in [-0.39, 0.29) is 9.99 Å². The van der Waals surface area contributed by atoms with Crippen LogP contribution in [0.3, 0.4) is 0 Å². The maximum atomic E-state index is 11.9. The third-order valence-electron chi connectivity index (χ3n) is 2.55. The monoisotopic (exact) mass is 275 g/mol. The number of thioether (sulfide) groups is 2. The fourth-order valence-corrected chi connectivity index (χ4v) is 5.02. The Labute approximate surface area is 110 Å². The van der Waals surface area contributed by atoms with Gasteiger partial charge in [-0.15, -0.1) is 23.5 Å².